The van der Waals surface area contributed by atoms with Gasteiger partial charge in [0.25, 0.3) is 0 Å². The summed E-state index contributed by atoms with van der Waals surface area (Å²) in [5.74, 6) is 0. The lowest BCUT2D eigenvalue weighted by Crippen LogP contribution is -2.40. The second-order valence-electron chi connectivity index (χ2n) is 10.2. The largest absolute Gasteiger partial charge is 0.374 e. The second-order valence-corrected chi connectivity index (χ2v) is 10.2. The molecule has 0 fully saturated rings. The predicted molar refractivity (Wildman–Crippen MR) is 169 cm³/mol. The molecule has 0 aromatic heterocycles. The summed E-state index contributed by atoms with van der Waals surface area (Å²) in [6.45, 7) is 1.08. The van der Waals surface area contributed by atoms with Crippen molar-refractivity contribution in [2.24, 2.45) is 5.11 Å². The van der Waals surface area contributed by atoms with Crippen molar-refractivity contribution in [3.63, 3.8) is 0 Å². The van der Waals surface area contributed by atoms with Gasteiger partial charge in [0.1, 0.15) is 5.60 Å². The molecule has 216 valence electrons. The van der Waals surface area contributed by atoms with E-state index in [2.05, 4.69) is 46.4 Å². The Bertz CT molecular complexity index is 1450. The summed E-state index contributed by atoms with van der Waals surface area (Å²) in [5.41, 5.74) is 13.7. The van der Waals surface area contributed by atoms with Crippen LogP contribution >= 0.6 is 0 Å². The van der Waals surface area contributed by atoms with E-state index in [0.29, 0.717) is 13.2 Å². The molecule has 0 spiro atoms. The van der Waals surface area contributed by atoms with Gasteiger partial charge in [0.2, 0.25) is 0 Å². The van der Waals surface area contributed by atoms with Crippen LogP contribution < -0.4 is 0 Å². The monoisotopic (exact) mass is 569 g/mol. The van der Waals surface area contributed by atoms with E-state index in [0.717, 1.165) is 27.8 Å². The van der Waals surface area contributed by atoms with Gasteiger partial charge in [-0.1, -0.05) is 157 Å². The van der Waals surface area contributed by atoms with Gasteiger partial charge in [-0.2, -0.15) is 0 Å². The Balaban J connectivity index is 1.46. The van der Waals surface area contributed by atoms with E-state index in [1.807, 2.05) is 115 Å². The molecule has 6 nitrogen and oxygen atoms in total. The van der Waals surface area contributed by atoms with Crippen LogP contribution in [0.5, 0.6) is 0 Å². The summed E-state index contributed by atoms with van der Waals surface area (Å²) in [6.07, 6.45) is -0.556. The average molecular weight is 570 g/mol. The van der Waals surface area contributed by atoms with E-state index in [-0.39, 0.29) is 13.2 Å². The second kappa shape index (κ2) is 15.5. The Hall–Kier alpha value is -4.71. The molecule has 0 aliphatic carbocycles. The van der Waals surface area contributed by atoms with Crippen LogP contribution in [0.1, 0.15) is 27.8 Å². The van der Waals surface area contributed by atoms with Crippen LogP contribution in [0, 0.1) is 0 Å². The summed E-state index contributed by atoms with van der Waals surface area (Å²) in [4.78, 5) is 3.21. The standard InChI is InChI=1S/C37H35N3O3/c38-40-39-35(36(42-27-31-18-8-2-9-19-31)29-41-26-30-16-6-1-7-17-30)28-43-37(32-20-10-3-11-21-32,33-22-12-4-13-23-33)34-24-14-5-15-25-34/h1-25,35-36H,26-29H2/t35?,36-/m1/s1. The van der Waals surface area contributed by atoms with Crippen LogP contribution in [0.3, 0.4) is 0 Å². The van der Waals surface area contributed by atoms with Crippen molar-refractivity contribution in [3.05, 3.63) is 190 Å². The number of hydrogen-bond acceptors (Lipinski definition) is 4. The van der Waals surface area contributed by atoms with Crippen LogP contribution in [0.2, 0.25) is 0 Å². The molecule has 0 saturated carbocycles. The molecule has 0 radical (unpaired) electrons. The van der Waals surface area contributed by atoms with Crippen molar-refractivity contribution in [1.29, 1.82) is 0 Å². The molecule has 0 saturated heterocycles. The summed E-state index contributed by atoms with van der Waals surface area (Å²) >= 11 is 0. The molecule has 5 aromatic carbocycles. The van der Waals surface area contributed by atoms with Crippen LogP contribution in [0.15, 0.2) is 157 Å². The van der Waals surface area contributed by atoms with Crippen LogP contribution in [0.25, 0.3) is 10.4 Å². The summed E-state index contributed by atoms with van der Waals surface area (Å²) in [6, 6.07) is 49.6. The molecule has 6 heteroatoms. The molecule has 0 bridgehead atoms. The molecule has 0 aliphatic rings. The lowest BCUT2D eigenvalue weighted by molar-refractivity contribution is -0.0713. The third-order valence-electron chi connectivity index (χ3n) is 7.34. The van der Waals surface area contributed by atoms with Crippen LogP contribution in [-0.4, -0.2) is 25.4 Å². The van der Waals surface area contributed by atoms with Crippen molar-refractivity contribution in [3.8, 4) is 0 Å². The highest BCUT2D eigenvalue weighted by atomic mass is 16.5. The van der Waals surface area contributed by atoms with Crippen LogP contribution in [0.4, 0.5) is 0 Å². The van der Waals surface area contributed by atoms with E-state index in [1.165, 1.54) is 0 Å². The first-order valence-electron chi connectivity index (χ1n) is 14.4. The lowest BCUT2D eigenvalue weighted by atomic mass is 9.80. The maximum absolute atomic E-state index is 9.66. The van der Waals surface area contributed by atoms with Crippen molar-refractivity contribution in [2.75, 3.05) is 13.2 Å². The SMILES string of the molecule is [N-]=[N+]=NC(COC(c1ccccc1)(c1ccccc1)c1ccccc1)[C@@H](COCc1ccccc1)OCc1ccccc1. The minimum atomic E-state index is -0.956. The van der Waals surface area contributed by atoms with Gasteiger partial charge in [-0.3, -0.25) is 0 Å². The van der Waals surface area contributed by atoms with Crippen molar-refractivity contribution < 1.29 is 14.2 Å². The Morgan fingerprint density at radius 2 is 0.977 bits per heavy atom. The number of rotatable bonds is 15. The minimum Gasteiger partial charge on any atom is -0.374 e. The Labute approximate surface area is 253 Å². The summed E-state index contributed by atoms with van der Waals surface area (Å²) in [5, 5.41) is 4.20. The smallest absolute Gasteiger partial charge is 0.143 e. The van der Waals surface area contributed by atoms with Crippen molar-refractivity contribution in [1.82, 2.24) is 0 Å². The zero-order valence-corrected chi connectivity index (χ0v) is 24.0. The summed E-state index contributed by atoms with van der Waals surface area (Å²) in [7, 11) is 0. The van der Waals surface area contributed by atoms with Gasteiger partial charge in [-0.15, -0.1) is 0 Å². The fraction of sp³-hybridized carbons (Fsp3) is 0.189. The predicted octanol–water partition coefficient (Wildman–Crippen LogP) is 8.48. The Morgan fingerprint density at radius 3 is 1.42 bits per heavy atom. The average Bonchev–Trinajstić information content (AvgIpc) is 3.08. The molecule has 5 aromatic rings. The van der Waals surface area contributed by atoms with Crippen LogP contribution in [-0.2, 0) is 33.0 Å². The third kappa shape index (κ3) is 7.77. The minimum absolute atomic E-state index is 0.0941. The maximum atomic E-state index is 9.66. The van der Waals surface area contributed by atoms with E-state index >= 15 is 0 Å². The van der Waals surface area contributed by atoms with Gasteiger partial charge in [0.15, 0.2) is 0 Å². The third-order valence-corrected chi connectivity index (χ3v) is 7.34. The first-order chi connectivity index (χ1) is 21.3. The highest BCUT2D eigenvalue weighted by molar-refractivity contribution is 5.47. The van der Waals surface area contributed by atoms with E-state index in [4.69, 9.17) is 14.2 Å². The number of nitrogens with zero attached hydrogens (tertiary/aromatic N) is 3. The number of hydrogen-bond donors (Lipinski definition) is 0. The molecular formula is C37H35N3O3. The molecular weight excluding hydrogens is 534 g/mol. The molecule has 0 amide bonds. The van der Waals surface area contributed by atoms with Gasteiger partial charge in [-0.05, 0) is 33.3 Å². The van der Waals surface area contributed by atoms with Gasteiger partial charge < -0.3 is 14.2 Å². The fourth-order valence-corrected chi connectivity index (χ4v) is 5.18. The normalized spacial score (nSPS) is 12.7. The highest BCUT2D eigenvalue weighted by Gasteiger charge is 2.39. The first kappa shape index (κ1) is 29.8. The molecule has 5 rings (SSSR count). The molecule has 43 heavy (non-hydrogen) atoms. The zero-order valence-electron chi connectivity index (χ0n) is 24.0. The Morgan fingerprint density at radius 1 is 0.558 bits per heavy atom. The van der Waals surface area contributed by atoms with Crippen molar-refractivity contribution >= 4 is 0 Å². The van der Waals surface area contributed by atoms with Gasteiger partial charge in [-0.25, -0.2) is 0 Å². The highest BCUT2D eigenvalue weighted by Crippen LogP contribution is 2.40. The Kier molecular flexibility index (Phi) is 10.7. The molecule has 1 unspecified atom stereocenters. The zero-order chi connectivity index (χ0) is 29.6. The van der Waals surface area contributed by atoms with Gasteiger partial charge in [0, 0.05) is 4.91 Å². The number of benzene rings is 5. The van der Waals surface area contributed by atoms with E-state index in [9.17, 15) is 5.53 Å². The molecule has 0 N–H and O–H groups in total. The molecule has 0 heterocycles. The number of ether oxygens (including phenoxy) is 3. The maximum Gasteiger partial charge on any atom is 0.143 e. The van der Waals surface area contributed by atoms with Gasteiger partial charge >= 0.3 is 0 Å². The van der Waals surface area contributed by atoms with E-state index < -0.39 is 17.7 Å². The van der Waals surface area contributed by atoms with Gasteiger partial charge in [0.05, 0.1) is 38.6 Å². The topological polar surface area (TPSA) is 76.5 Å². The molecule has 0 aliphatic heterocycles. The van der Waals surface area contributed by atoms with E-state index in [1.54, 1.807) is 0 Å². The lowest BCUT2D eigenvalue weighted by Gasteiger charge is -2.37. The first-order valence-corrected chi connectivity index (χ1v) is 14.4. The fourth-order valence-electron chi connectivity index (χ4n) is 5.18. The number of azide groups is 1. The quantitative estimate of drug-likeness (QED) is 0.0549. The summed E-state index contributed by atoms with van der Waals surface area (Å²) < 4.78 is 19.5. The van der Waals surface area contributed by atoms with Crippen molar-refractivity contribution in [2.45, 2.75) is 31.0 Å². The molecule has 2 atom stereocenters.